The molecule has 0 saturated carbocycles. The standard InChI is InChI=1S/C17H17ClN2OS/c1-11(2)20-14-7-8-22-16(14)9-15(20)17(21)19-10-12-3-5-13(18)6-4-12/h3-9,11H,10H2,1-2H3,(H,19,21). The first kappa shape index (κ1) is 15.1. The minimum Gasteiger partial charge on any atom is -0.347 e. The number of carbonyl (C=O) groups excluding carboxylic acids is 1. The fraction of sp³-hybridized carbons (Fsp3) is 0.235. The van der Waals surface area contributed by atoms with Gasteiger partial charge in [0.25, 0.3) is 5.91 Å². The Kier molecular flexibility index (Phi) is 4.23. The van der Waals surface area contributed by atoms with Gasteiger partial charge in [-0.05, 0) is 49.1 Å². The molecular formula is C17H17ClN2OS. The number of nitrogens with zero attached hydrogens (tertiary/aromatic N) is 1. The summed E-state index contributed by atoms with van der Waals surface area (Å²) in [6.45, 7) is 4.67. The lowest BCUT2D eigenvalue weighted by molar-refractivity contribution is 0.0940. The number of benzene rings is 1. The molecule has 0 bridgehead atoms. The Morgan fingerprint density at radius 2 is 2.00 bits per heavy atom. The molecule has 3 aromatic rings. The first-order valence-corrected chi connectivity index (χ1v) is 8.43. The number of hydrogen-bond acceptors (Lipinski definition) is 2. The van der Waals surface area contributed by atoms with E-state index in [1.54, 1.807) is 11.3 Å². The predicted octanol–water partition coefficient (Wildman–Crippen LogP) is 4.87. The number of halogens is 1. The SMILES string of the molecule is CC(C)n1c(C(=O)NCc2ccc(Cl)cc2)cc2sccc21. The lowest BCUT2D eigenvalue weighted by Crippen LogP contribution is -2.26. The molecule has 0 aliphatic carbocycles. The Labute approximate surface area is 138 Å². The molecule has 2 aromatic heterocycles. The molecule has 5 heteroatoms. The molecule has 0 spiro atoms. The maximum Gasteiger partial charge on any atom is 0.268 e. The number of thiophene rings is 1. The van der Waals surface area contributed by atoms with Crippen molar-refractivity contribution < 1.29 is 4.79 Å². The van der Waals surface area contributed by atoms with E-state index in [0.717, 1.165) is 15.8 Å². The highest BCUT2D eigenvalue weighted by molar-refractivity contribution is 7.17. The van der Waals surface area contributed by atoms with Gasteiger partial charge in [0.2, 0.25) is 0 Å². The van der Waals surface area contributed by atoms with Crippen LogP contribution in [0.5, 0.6) is 0 Å². The van der Waals surface area contributed by atoms with Gasteiger partial charge < -0.3 is 9.88 Å². The molecule has 0 aliphatic heterocycles. The van der Waals surface area contributed by atoms with Crippen LogP contribution in [0.4, 0.5) is 0 Å². The highest BCUT2D eigenvalue weighted by atomic mass is 35.5. The molecular weight excluding hydrogens is 316 g/mol. The number of amides is 1. The largest absolute Gasteiger partial charge is 0.347 e. The predicted molar refractivity (Wildman–Crippen MR) is 92.8 cm³/mol. The third-order valence-corrected chi connectivity index (χ3v) is 4.68. The minimum absolute atomic E-state index is 0.0490. The molecule has 1 amide bonds. The average molecular weight is 333 g/mol. The zero-order valence-electron chi connectivity index (χ0n) is 12.5. The molecule has 0 fully saturated rings. The van der Waals surface area contributed by atoms with E-state index in [-0.39, 0.29) is 11.9 Å². The van der Waals surface area contributed by atoms with E-state index in [9.17, 15) is 4.79 Å². The number of nitrogens with one attached hydrogen (secondary N) is 1. The van der Waals surface area contributed by atoms with Crippen molar-refractivity contribution in [3.8, 4) is 0 Å². The van der Waals surface area contributed by atoms with E-state index >= 15 is 0 Å². The van der Waals surface area contributed by atoms with Crippen molar-refractivity contribution in [3.05, 3.63) is 58.1 Å². The van der Waals surface area contributed by atoms with Gasteiger partial charge in [-0.3, -0.25) is 4.79 Å². The van der Waals surface area contributed by atoms with Crippen LogP contribution >= 0.6 is 22.9 Å². The quantitative estimate of drug-likeness (QED) is 0.726. The Morgan fingerprint density at radius 1 is 1.27 bits per heavy atom. The third-order valence-electron chi connectivity index (χ3n) is 3.58. The second-order valence-corrected chi connectivity index (χ2v) is 6.86. The molecule has 0 atom stereocenters. The molecule has 114 valence electrons. The van der Waals surface area contributed by atoms with Crippen molar-refractivity contribution in [2.75, 3.05) is 0 Å². The van der Waals surface area contributed by atoms with E-state index < -0.39 is 0 Å². The first-order chi connectivity index (χ1) is 10.6. The van der Waals surface area contributed by atoms with E-state index in [1.165, 1.54) is 0 Å². The Bertz CT molecular complexity index is 802. The molecule has 22 heavy (non-hydrogen) atoms. The van der Waals surface area contributed by atoms with Crippen molar-refractivity contribution in [1.29, 1.82) is 0 Å². The van der Waals surface area contributed by atoms with Crippen LogP contribution in [-0.4, -0.2) is 10.5 Å². The molecule has 2 heterocycles. The topological polar surface area (TPSA) is 34.0 Å². The van der Waals surface area contributed by atoms with Crippen LogP contribution in [0, 0.1) is 0 Å². The van der Waals surface area contributed by atoms with Crippen molar-refractivity contribution in [2.24, 2.45) is 0 Å². The summed E-state index contributed by atoms with van der Waals surface area (Å²) >= 11 is 7.53. The molecule has 0 aliphatic rings. The second kappa shape index (κ2) is 6.15. The van der Waals surface area contributed by atoms with E-state index in [0.29, 0.717) is 17.3 Å². The Morgan fingerprint density at radius 3 is 2.68 bits per heavy atom. The van der Waals surface area contributed by atoms with Crippen molar-refractivity contribution in [1.82, 2.24) is 9.88 Å². The maximum absolute atomic E-state index is 12.5. The van der Waals surface area contributed by atoms with Gasteiger partial charge in [0.05, 0.1) is 10.2 Å². The zero-order chi connectivity index (χ0) is 15.7. The maximum atomic E-state index is 12.5. The summed E-state index contributed by atoms with van der Waals surface area (Å²) in [5.74, 6) is -0.0490. The molecule has 3 nitrogen and oxygen atoms in total. The van der Waals surface area contributed by atoms with Crippen LogP contribution in [0.1, 0.15) is 35.9 Å². The Balaban J connectivity index is 1.81. The smallest absolute Gasteiger partial charge is 0.268 e. The summed E-state index contributed by atoms with van der Waals surface area (Å²) in [4.78, 5) is 12.5. The van der Waals surface area contributed by atoms with Gasteiger partial charge >= 0.3 is 0 Å². The van der Waals surface area contributed by atoms with Crippen LogP contribution in [-0.2, 0) is 6.54 Å². The fourth-order valence-corrected chi connectivity index (χ4v) is 3.49. The van der Waals surface area contributed by atoms with Gasteiger partial charge in [-0.25, -0.2) is 0 Å². The van der Waals surface area contributed by atoms with E-state index in [4.69, 9.17) is 11.6 Å². The van der Waals surface area contributed by atoms with Crippen LogP contribution in [0.15, 0.2) is 41.8 Å². The minimum atomic E-state index is -0.0490. The third kappa shape index (κ3) is 2.89. The summed E-state index contributed by atoms with van der Waals surface area (Å²) in [6.07, 6.45) is 0. The Hall–Kier alpha value is -1.78. The van der Waals surface area contributed by atoms with Gasteiger partial charge in [0.15, 0.2) is 0 Å². The highest BCUT2D eigenvalue weighted by Crippen LogP contribution is 2.28. The summed E-state index contributed by atoms with van der Waals surface area (Å²) in [5, 5.41) is 5.74. The van der Waals surface area contributed by atoms with Crippen molar-refractivity contribution >= 4 is 39.1 Å². The lowest BCUT2D eigenvalue weighted by atomic mass is 10.2. The van der Waals surface area contributed by atoms with Gasteiger partial charge in [-0.2, -0.15) is 0 Å². The summed E-state index contributed by atoms with van der Waals surface area (Å²) in [7, 11) is 0. The summed E-state index contributed by atoms with van der Waals surface area (Å²) in [5.41, 5.74) is 2.87. The monoisotopic (exact) mass is 332 g/mol. The van der Waals surface area contributed by atoms with Crippen molar-refractivity contribution in [3.63, 3.8) is 0 Å². The normalized spacial score (nSPS) is 11.3. The number of rotatable bonds is 4. The number of hydrogen-bond donors (Lipinski definition) is 1. The number of carbonyl (C=O) groups is 1. The van der Waals surface area contributed by atoms with Gasteiger partial charge in [-0.15, -0.1) is 11.3 Å². The van der Waals surface area contributed by atoms with Gasteiger partial charge in [0, 0.05) is 17.6 Å². The zero-order valence-corrected chi connectivity index (χ0v) is 14.0. The molecule has 0 saturated heterocycles. The van der Waals surface area contributed by atoms with Crippen LogP contribution in [0.2, 0.25) is 5.02 Å². The van der Waals surface area contributed by atoms with Gasteiger partial charge in [0.1, 0.15) is 5.69 Å². The lowest BCUT2D eigenvalue weighted by Gasteiger charge is -2.14. The summed E-state index contributed by atoms with van der Waals surface area (Å²) < 4.78 is 3.23. The molecule has 0 radical (unpaired) electrons. The van der Waals surface area contributed by atoms with Gasteiger partial charge in [-0.1, -0.05) is 23.7 Å². The highest BCUT2D eigenvalue weighted by Gasteiger charge is 2.17. The van der Waals surface area contributed by atoms with E-state index in [1.807, 2.05) is 30.3 Å². The summed E-state index contributed by atoms with van der Waals surface area (Å²) in [6, 6.07) is 11.8. The number of fused-ring (bicyclic) bond motifs is 1. The van der Waals surface area contributed by atoms with Crippen LogP contribution in [0.3, 0.4) is 0 Å². The molecule has 3 rings (SSSR count). The van der Waals surface area contributed by atoms with Crippen LogP contribution in [0.25, 0.3) is 10.2 Å². The van der Waals surface area contributed by atoms with Crippen LogP contribution < -0.4 is 5.32 Å². The first-order valence-electron chi connectivity index (χ1n) is 7.17. The molecule has 1 N–H and O–H groups in total. The molecule has 1 aromatic carbocycles. The fourth-order valence-electron chi connectivity index (χ4n) is 2.55. The average Bonchev–Trinajstić information content (AvgIpc) is 3.06. The number of aromatic nitrogens is 1. The van der Waals surface area contributed by atoms with Crippen molar-refractivity contribution in [2.45, 2.75) is 26.4 Å². The second-order valence-electron chi connectivity index (χ2n) is 5.47. The molecule has 0 unspecified atom stereocenters. The van der Waals surface area contributed by atoms with E-state index in [2.05, 4.69) is 35.2 Å².